The second-order valence-corrected chi connectivity index (χ2v) is 3.85. The van der Waals surface area contributed by atoms with Gasteiger partial charge in [0.15, 0.2) is 0 Å². The number of allylic oxidation sites excluding steroid dienone is 1. The standard InChI is InChI=1S/C6H7Cl4N2O3/c7-3(5(8)9)4(11-1-2-13)6(10)12(14)15/h11,13-14H,1-2H2/q-1/b6-4+. The van der Waals surface area contributed by atoms with Crippen molar-refractivity contribution in [3.63, 3.8) is 0 Å². The van der Waals surface area contributed by atoms with Crippen LogP contribution in [0.4, 0.5) is 0 Å². The first-order chi connectivity index (χ1) is 6.91. The smallest absolute Gasteiger partial charge is 0.143 e. The van der Waals surface area contributed by atoms with Crippen LogP contribution >= 0.6 is 46.4 Å². The van der Waals surface area contributed by atoms with Crippen molar-refractivity contribution in [1.29, 1.82) is 0 Å². The minimum atomic E-state index is -0.646. The van der Waals surface area contributed by atoms with Gasteiger partial charge in [-0.25, -0.2) is 0 Å². The van der Waals surface area contributed by atoms with Crippen LogP contribution in [0.15, 0.2) is 20.4 Å². The maximum atomic E-state index is 10.5. The summed E-state index contributed by atoms with van der Waals surface area (Å²) in [5, 5.41) is 28.5. The molecule has 15 heavy (non-hydrogen) atoms. The topological polar surface area (TPSA) is 78.8 Å². The molecular formula is C6H7Cl4N2O3-. The summed E-state index contributed by atoms with van der Waals surface area (Å²) in [6.45, 7) is -0.182. The van der Waals surface area contributed by atoms with Gasteiger partial charge < -0.3 is 20.9 Å². The fourth-order valence-electron chi connectivity index (χ4n) is 0.612. The van der Waals surface area contributed by atoms with Gasteiger partial charge in [0.05, 0.1) is 17.3 Å². The number of rotatable bonds is 5. The summed E-state index contributed by atoms with van der Waals surface area (Å²) in [6, 6.07) is 0. The van der Waals surface area contributed by atoms with Crippen LogP contribution in [-0.4, -0.2) is 28.7 Å². The lowest BCUT2D eigenvalue weighted by atomic mass is 10.4. The van der Waals surface area contributed by atoms with E-state index < -0.39 is 10.4 Å². The summed E-state index contributed by atoms with van der Waals surface area (Å²) < 4.78 is -0.336. The molecule has 0 fully saturated rings. The molecule has 0 aromatic rings. The van der Waals surface area contributed by atoms with E-state index in [-0.39, 0.29) is 28.4 Å². The Labute approximate surface area is 106 Å². The first-order valence-electron chi connectivity index (χ1n) is 3.53. The van der Waals surface area contributed by atoms with Gasteiger partial charge in [-0.15, -0.1) is 0 Å². The fourth-order valence-corrected chi connectivity index (χ4v) is 1.17. The van der Waals surface area contributed by atoms with Gasteiger partial charge in [-0.1, -0.05) is 46.4 Å². The molecule has 0 radical (unpaired) electrons. The van der Waals surface area contributed by atoms with Crippen LogP contribution in [-0.2, 0) is 0 Å². The highest BCUT2D eigenvalue weighted by Crippen LogP contribution is 2.27. The molecule has 0 saturated carbocycles. The molecule has 0 aliphatic rings. The normalized spacial score (nSPS) is 11.9. The molecular weight excluding hydrogens is 290 g/mol. The van der Waals surface area contributed by atoms with E-state index in [4.69, 9.17) is 56.7 Å². The lowest BCUT2D eigenvalue weighted by molar-refractivity contribution is 0.00459. The number of hydrogen-bond donors (Lipinski definition) is 3. The van der Waals surface area contributed by atoms with Gasteiger partial charge in [-0.3, -0.25) is 5.21 Å². The molecule has 88 valence electrons. The van der Waals surface area contributed by atoms with Crippen molar-refractivity contribution in [3.8, 4) is 0 Å². The number of hydroxylamine groups is 2. The Kier molecular flexibility index (Phi) is 7.46. The molecule has 5 nitrogen and oxygen atoms in total. The molecule has 0 unspecified atom stereocenters. The predicted octanol–water partition coefficient (Wildman–Crippen LogP) is 2.05. The van der Waals surface area contributed by atoms with Gasteiger partial charge in [0, 0.05) is 6.54 Å². The monoisotopic (exact) mass is 295 g/mol. The molecule has 0 atom stereocenters. The third-order valence-electron chi connectivity index (χ3n) is 1.17. The van der Waals surface area contributed by atoms with E-state index in [9.17, 15) is 5.21 Å². The van der Waals surface area contributed by atoms with E-state index in [1.54, 1.807) is 0 Å². The SMILES string of the molecule is [O-]N(O)/C(Cl)=C(/NCCO)C(Cl)=C(Cl)Cl. The van der Waals surface area contributed by atoms with Crippen LogP contribution in [0.1, 0.15) is 0 Å². The molecule has 0 aliphatic carbocycles. The third-order valence-corrected chi connectivity index (χ3v) is 2.46. The number of nitrogens with one attached hydrogen (secondary N) is 1. The highest BCUT2D eigenvalue weighted by molar-refractivity contribution is 6.60. The molecule has 0 amide bonds. The van der Waals surface area contributed by atoms with Crippen LogP contribution < -0.4 is 5.32 Å². The van der Waals surface area contributed by atoms with E-state index in [1.807, 2.05) is 0 Å². The van der Waals surface area contributed by atoms with Crippen LogP contribution in [0, 0.1) is 5.21 Å². The summed E-state index contributed by atoms with van der Waals surface area (Å²) in [5.74, 6) is 0. The minimum Gasteiger partial charge on any atom is -0.733 e. The average molecular weight is 297 g/mol. The Morgan fingerprint density at radius 2 is 1.80 bits per heavy atom. The van der Waals surface area contributed by atoms with Crippen LogP contribution in [0.3, 0.4) is 0 Å². The zero-order chi connectivity index (χ0) is 12.0. The summed E-state index contributed by atoms with van der Waals surface area (Å²) in [7, 11) is 0. The van der Waals surface area contributed by atoms with Crippen molar-refractivity contribution >= 4 is 46.4 Å². The van der Waals surface area contributed by atoms with Crippen molar-refractivity contribution < 1.29 is 10.3 Å². The van der Waals surface area contributed by atoms with Gasteiger partial charge >= 0.3 is 0 Å². The van der Waals surface area contributed by atoms with Crippen molar-refractivity contribution in [2.45, 2.75) is 0 Å². The molecule has 0 heterocycles. The molecule has 0 bridgehead atoms. The van der Waals surface area contributed by atoms with Crippen LogP contribution in [0.25, 0.3) is 0 Å². The number of nitrogens with zero attached hydrogens (tertiary/aromatic N) is 1. The molecule has 0 saturated heterocycles. The number of aliphatic hydroxyl groups is 1. The van der Waals surface area contributed by atoms with E-state index in [0.29, 0.717) is 0 Å². The Balaban J connectivity index is 5.06. The predicted molar refractivity (Wildman–Crippen MR) is 59.5 cm³/mol. The summed E-state index contributed by atoms with van der Waals surface area (Å²) in [6.07, 6.45) is 0. The van der Waals surface area contributed by atoms with Crippen LogP contribution in [0.2, 0.25) is 0 Å². The number of halogens is 4. The summed E-state index contributed by atoms with van der Waals surface area (Å²) in [5.41, 5.74) is -0.176. The second kappa shape index (κ2) is 7.40. The van der Waals surface area contributed by atoms with Gasteiger partial charge in [0.2, 0.25) is 0 Å². The molecule has 3 N–H and O–H groups in total. The van der Waals surface area contributed by atoms with Crippen molar-refractivity contribution in [2.75, 3.05) is 13.2 Å². The Bertz CT molecular complexity index is 276. The van der Waals surface area contributed by atoms with Gasteiger partial charge in [-0.2, -0.15) is 0 Å². The zero-order valence-electron chi connectivity index (χ0n) is 7.18. The largest absolute Gasteiger partial charge is 0.733 e. The molecule has 0 aromatic carbocycles. The summed E-state index contributed by atoms with van der Waals surface area (Å²) >= 11 is 21.8. The maximum absolute atomic E-state index is 10.5. The van der Waals surface area contributed by atoms with E-state index in [0.717, 1.165) is 0 Å². The molecule has 0 spiro atoms. The molecule has 0 aliphatic heterocycles. The Morgan fingerprint density at radius 3 is 2.13 bits per heavy atom. The molecule has 0 aromatic heterocycles. The van der Waals surface area contributed by atoms with Crippen molar-refractivity contribution in [3.05, 3.63) is 25.6 Å². The second-order valence-electron chi connectivity index (χ2n) is 2.16. The summed E-state index contributed by atoms with van der Waals surface area (Å²) in [4.78, 5) is 0. The average Bonchev–Trinajstić information content (AvgIpc) is 2.17. The van der Waals surface area contributed by atoms with Crippen LogP contribution in [0.5, 0.6) is 0 Å². The van der Waals surface area contributed by atoms with E-state index in [2.05, 4.69) is 5.32 Å². The molecule has 9 heteroatoms. The van der Waals surface area contributed by atoms with Crippen molar-refractivity contribution in [1.82, 2.24) is 10.5 Å². The maximum Gasteiger partial charge on any atom is 0.143 e. The van der Waals surface area contributed by atoms with Gasteiger partial charge in [0.1, 0.15) is 9.65 Å². The fraction of sp³-hybridized carbons (Fsp3) is 0.333. The van der Waals surface area contributed by atoms with Gasteiger partial charge in [0.25, 0.3) is 0 Å². The highest BCUT2D eigenvalue weighted by Gasteiger charge is 2.12. The minimum absolute atomic E-state index is 0.0523. The zero-order valence-corrected chi connectivity index (χ0v) is 10.2. The Hall–Kier alpha value is 0.120. The first-order valence-corrected chi connectivity index (χ1v) is 5.04. The number of aliphatic hydroxyl groups excluding tert-OH is 1. The Morgan fingerprint density at radius 1 is 1.27 bits per heavy atom. The molecule has 0 rings (SSSR count). The quantitative estimate of drug-likeness (QED) is 0.411. The number of hydrogen-bond acceptors (Lipinski definition) is 5. The highest BCUT2D eigenvalue weighted by atomic mass is 35.5. The van der Waals surface area contributed by atoms with Gasteiger partial charge in [-0.05, 0) is 0 Å². The van der Waals surface area contributed by atoms with E-state index in [1.165, 1.54) is 0 Å². The lowest BCUT2D eigenvalue weighted by Crippen LogP contribution is -2.22. The van der Waals surface area contributed by atoms with E-state index >= 15 is 0 Å². The van der Waals surface area contributed by atoms with Crippen molar-refractivity contribution in [2.24, 2.45) is 0 Å². The lowest BCUT2D eigenvalue weighted by Gasteiger charge is -2.23. The third kappa shape index (κ3) is 5.12. The first kappa shape index (κ1) is 15.1.